The molecule has 0 saturated heterocycles. The SMILES string of the molecule is CN(CCCC(=O)O)c1ccc2cc(-c3nc4ccc(Cl)cc4[nH]3)c(=O)oc2c1. The van der Waals surface area contributed by atoms with E-state index < -0.39 is 11.6 Å². The molecule has 0 radical (unpaired) electrons. The molecule has 0 amide bonds. The van der Waals surface area contributed by atoms with Crippen LogP contribution in [0.2, 0.25) is 5.02 Å². The van der Waals surface area contributed by atoms with Gasteiger partial charge in [-0.05, 0) is 42.8 Å². The number of halogens is 1. The molecule has 148 valence electrons. The van der Waals surface area contributed by atoms with E-state index >= 15 is 0 Å². The number of carbonyl (C=O) groups is 1. The van der Waals surface area contributed by atoms with Crippen LogP contribution in [0.5, 0.6) is 0 Å². The van der Waals surface area contributed by atoms with Crippen molar-refractivity contribution >= 4 is 45.3 Å². The molecule has 4 aromatic rings. The number of hydrogen-bond acceptors (Lipinski definition) is 5. The van der Waals surface area contributed by atoms with Crippen LogP contribution in [0.1, 0.15) is 12.8 Å². The van der Waals surface area contributed by atoms with Crippen molar-refractivity contribution in [1.82, 2.24) is 9.97 Å². The molecule has 4 rings (SSSR count). The molecule has 2 heterocycles. The summed E-state index contributed by atoms with van der Waals surface area (Å²) < 4.78 is 5.54. The summed E-state index contributed by atoms with van der Waals surface area (Å²) in [6.07, 6.45) is 0.641. The van der Waals surface area contributed by atoms with Gasteiger partial charge in [-0.15, -0.1) is 0 Å². The lowest BCUT2D eigenvalue weighted by Crippen LogP contribution is -2.19. The largest absolute Gasteiger partial charge is 0.481 e. The lowest BCUT2D eigenvalue weighted by molar-refractivity contribution is -0.137. The van der Waals surface area contributed by atoms with Crippen molar-refractivity contribution in [2.75, 3.05) is 18.5 Å². The molecule has 0 atom stereocenters. The maximum absolute atomic E-state index is 12.6. The van der Waals surface area contributed by atoms with Gasteiger partial charge in [-0.1, -0.05) is 11.6 Å². The van der Waals surface area contributed by atoms with Gasteiger partial charge >= 0.3 is 11.6 Å². The Balaban J connectivity index is 1.66. The number of benzene rings is 2. The zero-order valence-corrected chi connectivity index (χ0v) is 16.4. The van der Waals surface area contributed by atoms with E-state index in [0.29, 0.717) is 40.5 Å². The molecule has 29 heavy (non-hydrogen) atoms. The van der Waals surface area contributed by atoms with Crippen LogP contribution >= 0.6 is 11.6 Å². The number of nitrogens with one attached hydrogen (secondary N) is 1. The van der Waals surface area contributed by atoms with Crippen LogP contribution in [0.3, 0.4) is 0 Å². The number of aromatic nitrogens is 2. The third-order valence-electron chi connectivity index (χ3n) is 4.74. The second-order valence-corrected chi connectivity index (χ2v) is 7.27. The Hall–Kier alpha value is -3.32. The number of hydrogen-bond donors (Lipinski definition) is 2. The molecule has 0 fully saturated rings. The fourth-order valence-electron chi connectivity index (χ4n) is 3.21. The molecule has 0 bridgehead atoms. The summed E-state index contributed by atoms with van der Waals surface area (Å²) in [4.78, 5) is 32.7. The first kappa shape index (κ1) is 19.0. The minimum absolute atomic E-state index is 0.110. The van der Waals surface area contributed by atoms with Gasteiger partial charge < -0.3 is 19.4 Å². The summed E-state index contributed by atoms with van der Waals surface area (Å²) >= 11 is 6.01. The van der Waals surface area contributed by atoms with Gasteiger partial charge in [-0.2, -0.15) is 0 Å². The van der Waals surface area contributed by atoms with Gasteiger partial charge in [0.05, 0.1) is 11.0 Å². The van der Waals surface area contributed by atoms with Gasteiger partial charge in [0.15, 0.2) is 0 Å². The maximum Gasteiger partial charge on any atom is 0.347 e. The van der Waals surface area contributed by atoms with Crippen LogP contribution < -0.4 is 10.5 Å². The van der Waals surface area contributed by atoms with Crippen molar-refractivity contribution in [2.45, 2.75) is 12.8 Å². The predicted octanol–water partition coefficient (Wildman–Crippen LogP) is 4.29. The molecule has 2 aromatic carbocycles. The number of nitrogens with zero attached hydrogens (tertiary/aromatic N) is 2. The minimum atomic E-state index is -0.816. The summed E-state index contributed by atoms with van der Waals surface area (Å²) in [6, 6.07) is 12.6. The second kappa shape index (κ2) is 7.60. The van der Waals surface area contributed by atoms with Gasteiger partial charge in [0, 0.05) is 42.2 Å². The van der Waals surface area contributed by atoms with Gasteiger partial charge in [-0.3, -0.25) is 4.79 Å². The summed E-state index contributed by atoms with van der Waals surface area (Å²) in [5, 5.41) is 10.1. The van der Waals surface area contributed by atoms with Gasteiger partial charge in [0.25, 0.3) is 0 Å². The zero-order valence-electron chi connectivity index (χ0n) is 15.6. The Bertz CT molecular complexity index is 1280. The topological polar surface area (TPSA) is 99.4 Å². The van der Waals surface area contributed by atoms with E-state index in [1.807, 2.05) is 24.1 Å². The standard InChI is InChI=1S/C21H18ClN3O4/c1-25(8-2-3-19(26)27)14-6-4-12-9-15(21(28)29-18(12)11-14)20-23-16-7-5-13(22)10-17(16)24-20/h4-7,9-11H,2-3,8H2,1H3,(H,23,24)(H,26,27). The van der Waals surface area contributed by atoms with E-state index in [1.54, 1.807) is 30.3 Å². The molecule has 2 N–H and O–H groups in total. The molecular weight excluding hydrogens is 394 g/mol. The highest BCUT2D eigenvalue weighted by molar-refractivity contribution is 6.31. The number of rotatable bonds is 6. The zero-order chi connectivity index (χ0) is 20.5. The van der Waals surface area contributed by atoms with Gasteiger partial charge in [-0.25, -0.2) is 9.78 Å². The van der Waals surface area contributed by atoms with Crippen molar-refractivity contribution in [1.29, 1.82) is 0 Å². The Labute approximate surface area is 170 Å². The Morgan fingerprint density at radius 3 is 2.86 bits per heavy atom. The molecule has 0 aliphatic carbocycles. The summed E-state index contributed by atoms with van der Waals surface area (Å²) in [7, 11) is 1.87. The predicted molar refractivity (Wildman–Crippen MR) is 113 cm³/mol. The number of aliphatic carboxylic acids is 1. The van der Waals surface area contributed by atoms with Crippen LogP contribution in [0.15, 0.2) is 51.7 Å². The molecule has 7 nitrogen and oxygen atoms in total. The summed E-state index contributed by atoms with van der Waals surface area (Å²) in [5.41, 5.74) is 2.60. The van der Waals surface area contributed by atoms with Gasteiger partial charge in [0.2, 0.25) is 0 Å². The van der Waals surface area contributed by atoms with Crippen LogP contribution in [0, 0.1) is 0 Å². The molecular formula is C21H18ClN3O4. The van der Waals surface area contributed by atoms with Crippen LogP contribution in [0.4, 0.5) is 5.69 Å². The van der Waals surface area contributed by atoms with Crippen molar-refractivity contribution in [2.24, 2.45) is 0 Å². The molecule has 0 aliphatic heterocycles. The highest BCUT2D eigenvalue weighted by Gasteiger charge is 2.13. The molecule has 0 aliphatic rings. The normalized spacial score (nSPS) is 11.2. The van der Waals surface area contributed by atoms with Crippen molar-refractivity contribution in [3.8, 4) is 11.4 Å². The lowest BCUT2D eigenvalue weighted by Gasteiger charge is -2.19. The maximum atomic E-state index is 12.6. The number of carboxylic acids is 1. The number of anilines is 1. The Morgan fingerprint density at radius 1 is 1.24 bits per heavy atom. The van der Waals surface area contributed by atoms with E-state index in [1.165, 1.54) is 0 Å². The van der Waals surface area contributed by atoms with Crippen LogP contribution in [-0.2, 0) is 4.79 Å². The monoisotopic (exact) mass is 411 g/mol. The Morgan fingerprint density at radius 2 is 2.07 bits per heavy atom. The van der Waals surface area contributed by atoms with E-state index in [0.717, 1.165) is 16.6 Å². The number of imidazole rings is 1. The number of carboxylic acid groups (broad SMARTS) is 1. The summed E-state index contributed by atoms with van der Waals surface area (Å²) in [6.45, 7) is 0.585. The van der Waals surface area contributed by atoms with E-state index in [-0.39, 0.29) is 6.42 Å². The van der Waals surface area contributed by atoms with E-state index in [2.05, 4.69) is 9.97 Å². The fraction of sp³-hybridized carbons (Fsp3) is 0.190. The van der Waals surface area contributed by atoms with Crippen molar-refractivity contribution in [3.63, 3.8) is 0 Å². The van der Waals surface area contributed by atoms with Gasteiger partial charge in [0.1, 0.15) is 17.0 Å². The quantitative estimate of drug-likeness (QED) is 0.459. The lowest BCUT2D eigenvalue weighted by atomic mass is 10.1. The van der Waals surface area contributed by atoms with Crippen molar-refractivity contribution < 1.29 is 14.3 Å². The average molecular weight is 412 g/mol. The second-order valence-electron chi connectivity index (χ2n) is 6.84. The molecule has 0 saturated carbocycles. The molecule has 2 aromatic heterocycles. The smallest absolute Gasteiger partial charge is 0.347 e. The van der Waals surface area contributed by atoms with E-state index in [4.69, 9.17) is 21.1 Å². The number of fused-ring (bicyclic) bond motifs is 2. The number of aromatic amines is 1. The first-order valence-electron chi connectivity index (χ1n) is 9.07. The third kappa shape index (κ3) is 3.95. The summed E-state index contributed by atoms with van der Waals surface area (Å²) in [5.74, 6) is -0.393. The third-order valence-corrected chi connectivity index (χ3v) is 4.98. The van der Waals surface area contributed by atoms with Crippen LogP contribution in [0.25, 0.3) is 33.4 Å². The highest BCUT2D eigenvalue weighted by Crippen LogP contribution is 2.26. The minimum Gasteiger partial charge on any atom is -0.481 e. The van der Waals surface area contributed by atoms with E-state index in [9.17, 15) is 9.59 Å². The fourth-order valence-corrected chi connectivity index (χ4v) is 3.38. The van der Waals surface area contributed by atoms with Crippen LogP contribution in [-0.4, -0.2) is 34.6 Å². The Kier molecular flexibility index (Phi) is 4.98. The first-order valence-corrected chi connectivity index (χ1v) is 9.45. The molecule has 0 spiro atoms. The molecule has 8 heteroatoms. The first-order chi connectivity index (χ1) is 13.9. The highest BCUT2D eigenvalue weighted by atomic mass is 35.5. The van der Waals surface area contributed by atoms with Crippen molar-refractivity contribution in [3.05, 3.63) is 57.9 Å². The number of H-pyrrole nitrogens is 1. The average Bonchev–Trinajstić information content (AvgIpc) is 3.09. The molecule has 0 unspecified atom stereocenters.